The number of hydrogen-bond acceptors (Lipinski definition) is 5. The maximum atomic E-state index is 13.5. The van der Waals surface area contributed by atoms with Gasteiger partial charge >= 0.3 is 5.97 Å². The van der Waals surface area contributed by atoms with Crippen molar-refractivity contribution in [1.29, 1.82) is 0 Å². The first-order valence-corrected chi connectivity index (χ1v) is 13.6. The number of carbonyl (C=O) groups is 3. The van der Waals surface area contributed by atoms with Gasteiger partial charge in [0, 0.05) is 23.3 Å². The highest BCUT2D eigenvalue weighted by atomic mass is 16.5. The standard InChI is InChI=1S/C29H44O5/c1-7-34-26(32)29(33)16-28(6)21-13-14-27(5)19(18(4)10-8-9-17(2)3)11-12-20(27)24(21)23(30)15-22(28)25(29)31/h15,17-21,24,33H,7-14,16H2,1-6H3. The van der Waals surface area contributed by atoms with Gasteiger partial charge in [-0.3, -0.25) is 9.59 Å². The molecule has 34 heavy (non-hydrogen) atoms. The molecule has 0 amide bonds. The predicted octanol–water partition coefficient (Wildman–Crippen LogP) is 5.29. The summed E-state index contributed by atoms with van der Waals surface area (Å²) in [6.45, 7) is 13.1. The van der Waals surface area contributed by atoms with Crippen LogP contribution in [0.4, 0.5) is 0 Å². The lowest BCUT2D eigenvalue weighted by Crippen LogP contribution is -2.52. The first kappa shape index (κ1) is 25.6. The number of ether oxygens (including phenoxy) is 1. The molecule has 3 fully saturated rings. The zero-order chi connectivity index (χ0) is 25.1. The maximum absolute atomic E-state index is 13.5. The summed E-state index contributed by atoms with van der Waals surface area (Å²) in [5.74, 6) is 0.692. The number of fused-ring (bicyclic) bond motifs is 5. The van der Waals surface area contributed by atoms with Gasteiger partial charge in [-0.1, -0.05) is 53.9 Å². The van der Waals surface area contributed by atoms with E-state index < -0.39 is 22.8 Å². The zero-order valence-electron chi connectivity index (χ0n) is 22.0. The smallest absolute Gasteiger partial charge is 0.346 e. The van der Waals surface area contributed by atoms with Gasteiger partial charge in [-0.2, -0.15) is 0 Å². The number of allylic oxidation sites excluding steroid dienone is 1. The summed E-state index contributed by atoms with van der Waals surface area (Å²) in [7, 11) is 0. The van der Waals surface area contributed by atoms with Gasteiger partial charge in [0.1, 0.15) is 0 Å². The van der Waals surface area contributed by atoms with Crippen LogP contribution in [0.3, 0.4) is 0 Å². The molecule has 0 radical (unpaired) electrons. The summed E-state index contributed by atoms with van der Waals surface area (Å²) in [6.07, 6.45) is 9.41. The van der Waals surface area contributed by atoms with E-state index in [2.05, 4.69) is 27.7 Å². The Labute approximate surface area is 205 Å². The number of ketones is 2. The minimum Gasteiger partial charge on any atom is -0.464 e. The first-order valence-electron chi connectivity index (χ1n) is 13.6. The first-order chi connectivity index (χ1) is 15.9. The van der Waals surface area contributed by atoms with Crippen LogP contribution in [0.1, 0.15) is 92.9 Å². The van der Waals surface area contributed by atoms with Gasteiger partial charge in [-0.15, -0.1) is 0 Å². The Hall–Kier alpha value is -1.49. The Balaban J connectivity index is 1.59. The van der Waals surface area contributed by atoms with Crippen LogP contribution in [0.2, 0.25) is 0 Å². The maximum Gasteiger partial charge on any atom is 0.346 e. The van der Waals surface area contributed by atoms with Crippen molar-refractivity contribution in [2.75, 3.05) is 6.61 Å². The molecule has 0 aromatic heterocycles. The van der Waals surface area contributed by atoms with Crippen LogP contribution < -0.4 is 0 Å². The van der Waals surface area contributed by atoms with Crippen molar-refractivity contribution in [1.82, 2.24) is 0 Å². The van der Waals surface area contributed by atoms with E-state index in [1.165, 1.54) is 31.8 Å². The minimum atomic E-state index is -2.17. The molecule has 4 aliphatic carbocycles. The summed E-state index contributed by atoms with van der Waals surface area (Å²) >= 11 is 0. The second kappa shape index (κ2) is 8.87. The molecule has 3 saturated carbocycles. The van der Waals surface area contributed by atoms with Gasteiger partial charge < -0.3 is 9.84 Å². The Bertz CT molecular complexity index is 889. The lowest BCUT2D eigenvalue weighted by molar-refractivity contribution is -0.169. The average Bonchev–Trinajstić information content (AvgIpc) is 3.21. The van der Waals surface area contributed by atoms with Crippen LogP contribution in [0.25, 0.3) is 0 Å². The molecular weight excluding hydrogens is 428 g/mol. The largest absolute Gasteiger partial charge is 0.464 e. The fourth-order valence-corrected chi connectivity index (χ4v) is 8.68. The average molecular weight is 473 g/mol. The van der Waals surface area contributed by atoms with Crippen molar-refractivity contribution in [2.24, 2.45) is 46.3 Å². The van der Waals surface area contributed by atoms with Gasteiger partial charge in [0.15, 0.2) is 5.78 Å². The Morgan fingerprint density at radius 2 is 1.82 bits per heavy atom. The van der Waals surface area contributed by atoms with Gasteiger partial charge in [0.05, 0.1) is 6.61 Å². The SMILES string of the molecule is CCOC(=O)C1(O)CC2(C)C(=CC(=O)C3C2CCC2(C)C(C(C)CCCC(C)C)CCC32)C1=O. The predicted molar refractivity (Wildman–Crippen MR) is 131 cm³/mol. The Morgan fingerprint density at radius 1 is 1.12 bits per heavy atom. The van der Waals surface area contributed by atoms with Crippen LogP contribution >= 0.6 is 0 Å². The number of aliphatic hydroxyl groups is 1. The molecule has 4 rings (SSSR count). The number of esters is 1. The van der Waals surface area contributed by atoms with E-state index >= 15 is 0 Å². The van der Waals surface area contributed by atoms with E-state index in [1.807, 2.05) is 6.92 Å². The van der Waals surface area contributed by atoms with E-state index in [0.717, 1.165) is 25.2 Å². The van der Waals surface area contributed by atoms with Crippen LogP contribution in [0.15, 0.2) is 11.6 Å². The monoisotopic (exact) mass is 472 g/mol. The van der Waals surface area contributed by atoms with E-state index in [0.29, 0.717) is 23.3 Å². The zero-order valence-corrected chi connectivity index (χ0v) is 22.0. The van der Waals surface area contributed by atoms with Crippen LogP contribution in [-0.4, -0.2) is 34.9 Å². The molecule has 5 nitrogen and oxygen atoms in total. The highest BCUT2D eigenvalue weighted by Crippen LogP contribution is 2.67. The van der Waals surface area contributed by atoms with E-state index in [9.17, 15) is 19.5 Å². The second-order valence-electron chi connectivity index (χ2n) is 12.7. The molecule has 0 aliphatic heterocycles. The fraction of sp³-hybridized carbons (Fsp3) is 0.828. The third-order valence-corrected chi connectivity index (χ3v) is 10.4. The highest BCUT2D eigenvalue weighted by molar-refractivity contribution is 6.20. The molecule has 0 aromatic rings. The molecule has 5 heteroatoms. The summed E-state index contributed by atoms with van der Waals surface area (Å²) < 4.78 is 5.06. The number of carbonyl (C=O) groups excluding carboxylic acids is 3. The third-order valence-electron chi connectivity index (χ3n) is 10.4. The van der Waals surface area contributed by atoms with Crippen molar-refractivity contribution < 1.29 is 24.2 Å². The second-order valence-corrected chi connectivity index (χ2v) is 12.7. The van der Waals surface area contributed by atoms with Crippen molar-refractivity contribution in [3.63, 3.8) is 0 Å². The van der Waals surface area contributed by atoms with Crippen LogP contribution in [0, 0.1) is 46.3 Å². The highest BCUT2D eigenvalue weighted by Gasteiger charge is 2.68. The molecular formula is C29H44O5. The van der Waals surface area contributed by atoms with Gasteiger partial charge in [-0.05, 0) is 73.7 Å². The van der Waals surface area contributed by atoms with Crippen molar-refractivity contribution in [3.8, 4) is 0 Å². The van der Waals surface area contributed by atoms with Gasteiger partial charge in [0.25, 0.3) is 0 Å². The summed E-state index contributed by atoms with van der Waals surface area (Å²) in [5, 5.41) is 11.1. The quantitative estimate of drug-likeness (QED) is 0.402. The molecule has 0 saturated heterocycles. The summed E-state index contributed by atoms with van der Waals surface area (Å²) in [6, 6.07) is 0. The summed E-state index contributed by atoms with van der Waals surface area (Å²) in [5.41, 5.74) is -2.36. The summed E-state index contributed by atoms with van der Waals surface area (Å²) in [4.78, 5) is 39.3. The van der Waals surface area contributed by atoms with Crippen LogP contribution in [-0.2, 0) is 19.1 Å². The van der Waals surface area contributed by atoms with Crippen LogP contribution in [0.5, 0.6) is 0 Å². The molecule has 0 heterocycles. The number of Topliss-reactive ketones (excluding diaryl/α,β-unsaturated/α-hetero) is 1. The lowest BCUT2D eigenvalue weighted by atomic mass is 9.48. The van der Waals surface area contributed by atoms with E-state index in [4.69, 9.17) is 4.74 Å². The molecule has 1 N–H and O–H groups in total. The molecule has 190 valence electrons. The third kappa shape index (κ3) is 3.72. The van der Waals surface area contributed by atoms with Gasteiger partial charge in [-0.25, -0.2) is 4.79 Å². The van der Waals surface area contributed by atoms with E-state index in [-0.39, 0.29) is 36.1 Å². The van der Waals surface area contributed by atoms with Crippen molar-refractivity contribution >= 4 is 17.5 Å². The molecule has 8 atom stereocenters. The van der Waals surface area contributed by atoms with Gasteiger partial charge in [0.2, 0.25) is 11.4 Å². The molecule has 8 unspecified atom stereocenters. The topological polar surface area (TPSA) is 80.7 Å². The Morgan fingerprint density at radius 3 is 2.47 bits per heavy atom. The number of hydrogen-bond donors (Lipinski definition) is 1. The van der Waals surface area contributed by atoms with E-state index in [1.54, 1.807) is 6.92 Å². The lowest BCUT2D eigenvalue weighted by Gasteiger charge is -2.54. The van der Waals surface area contributed by atoms with Crippen molar-refractivity contribution in [3.05, 3.63) is 11.6 Å². The molecule has 0 spiro atoms. The normalized spacial score (nSPS) is 42.2. The fourth-order valence-electron chi connectivity index (χ4n) is 8.68. The van der Waals surface area contributed by atoms with Crippen molar-refractivity contribution in [2.45, 2.75) is 98.5 Å². The molecule has 0 aromatic carbocycles. The Kier molecular flexibility index (Phi) is 6.68. The minimum absolute atomic E-state index is 0.0135. The molecule has 4 aliphatic rings. The number of rotatable bonds is 7. The molecule has 0 bridgehead atoms.